The van der Waals surface area contributed by atoms with Crippen molar-refractivity contribution in [3.8, 4) is 0 Å². The van der Waals surface area contributed by atoms with Crippen molar-refractivity contribution in [2.24, 2.45) is 0 Å². The molecule has 2 aromatic heterocycles. The van der Waals surface area contributed by atoms with Crippen LogP contribution in [0.2, 0.25) is 0 Å². The molecule has 0 aliphatic carbocycles. The van der Waals surface area contributed by atoms with Crippen molar-refractivity contribution < 1.29 is 0 Å². The predicted molar refractivity (Wildman–Crippen MR) is 81.8 cm³/mol. The van der Waals surface area contributed by atoms with Gasteiger partial charge in [0.1, 0.15) is 5.82 Å². The lowest BCUT2D eigenvalue weighted by Gasteiger charge is -2.09. The van der Waals surface area contributed by atoms with E-state index in [9.17, 15) is 0 Å². The molecule has 0 aromatic carbocycles. The smallest absolute Gasteiger partial charge is 0.106 e. The molecular weight excluding hydrogens is 254 g/mol. The molecule has 3 nitrogen and oxygen atoms in total. The standard InChI is InChI=1S/C15H23N3S/c1-4-8-16-9-13-10-17-12(3)18(13)11-15-7-6-14(5-2)19-15/h6-7,10,16H,4-5,8-9,11H2,1-3H3. The van der Waals surface area contributed by atoms with Crippen molar-refractivity contribution in [2.45, 2.75) is 46.7 Å². The summed E-state index contributed by atoms with van der Waals surface area (Å²) in [5.41, 5.74) is 1.28. The van der Waals surface area contributed by atoms with Crippen LogP contribution in [0.5, 0.6) is 0 Å². The summed E-state index contributed by atoms with van der Waals surface area (Å²) in [4.78, 5) is 7.31. The molecule has 0 spiro atoms. The molecule has 2 rings (SSSR count). The minimum absolute atomic E-state index is 0.903. The third-order valence-electron chi connectivity index (χ3n) is 3.25. The van der Waals surface area contributed by atoms with Gasteiger partial charge >= 0.3 is 0 Å². The van der Waals surface area contributed by atoms with Gasteiger partial charge in [-0.05, 0) is 38.4 Å². The summed E-state index contributed by atoms with van der Waals surface area (Å²) in [6.45, 7) is 9.38. The number of hydrogen-bond donors (Lipinski definition) is 1. The maximum atomic E-state index is 4.45. The molecular formula is C15H23N3S. The van der Waals surface area contributed by atoms with Crippen LogP contribution < -0.4 is 5.32 Å². The van der Waals surface area contributed by atoms with Crippen LogP contribution in [0.1, 0.15) is 41.5 Å². The van der Waals surface area contributed by atoms with Crippen molar-refractivity contribution in [1.82, 2.24) is 14.9 Å². The van der Waals surface area contributed by atoms with Gasteiger partial charge in [0.15, 0.2) is 0 Å². The van der Waals surface area contributed by atoms with Gasteiger partial charge in [-0.3, -0.25) is 0 Å². The number of nitrogens with one attached hydrogen (secondary N) is 1. The van der Waals surface area contributed by atoms with Gasteiger partial charge in [0.2, 0.25) is 0 Å². The lowest BCUT2D eigenvalue weighted by Crippen LogP contribution is -2.17. The zero-order chi connectivity index (χ0) is 13.7. The Labute approximate surface area is 119 Å². The Balaban J connectivity index is 2.07. The molecule has 104 valence electrons. The first kappa shape index (κ1) is 14.3. The van der Waals surface area contributed by atoms with E-state index in [2.05, 4.69) is 47.8 Å². The quantitative estimate of drug-likeness (QED) is 0.786. The normalized spacial score (nSPS) is 11.1. The number of imidazole rings is 1. The van der Waals surface area contributed by atoms with Crippen LogP contribution in [0, 0.1) is 6.92 Å². The number of aryl methyl sites for hydroxylation is 2. The lowest BCUT2D eigenvalue weighted by molar-refractivity contribution is 0.625. The Morgan fingerprint density at radius 3 is 2.74 bits per heavy atom. The summed E-state index contributed by atoms with van der Waals surface area (Å²) in [6, 6.07) is 4.48. The number of thiophene rings is 1. The Hall–Kier alpha value is -1.13. The van der Waals surface area contributed by atoms with E-state index >= 15 is 0 Å². The SMILES string of the molecule is CCCNCc1cnc(C)n1Cc1ccc(CC)s1. The zero-order valence-electron chi connectivity index (χ0n) is 12.1. The van der Waals surface area contributed by atoms with Gasteiger partial charge in [0.25, 0.3) is 0 Å². The van der Waals surface area contributed by atoms with Crippen LogP contribution in [0.15, 0.2) is 18.3 Å². The third kappa shape index (κ3) is 3.67. The van der Waals surface area contributed by atoms with Crippen molar-refractivity contribution in [3.63, 3.8) is 0 Å². The van der Waals surface area contributed by atoms with Crippen molar-refractivity contribution >= 4 is 11.3 Å². The Bertz CT molecular complexity index is 513. The van der Waals surface area contributed by atoms with Crippen LogP contribution in [0.25, 0.3) is 0 Å². The van der Waals surface area contributed by atoms with E-state index in [1.807, 2.05) is 17.5 Å². The molecule has 0 aliphatic heterocycles. The molecule has 0 amide bonds. The molecule has 0 unspecified atom stereocenters. The van der Waals surface area contributed by atoms with E-state index in [4.69, 9.17) is 0 Å². The molecule has 19 heavy (non-hydrogen) atoms. The molecule has 0 aliphatic rings. The highest BCUT2D eigenvalue weighted by molar-refractivity contribution is 7.11. The fourth-order valence-corrected chi connectivity index (χ4v) is 3.07. The average Bonchev–Trinajstić information content (AvgIpc) is 3.00. The zero-order valence-corrected chi connectivity index (χ0v) is 12.9. The molecule has 0 atom stereocenters. The molecule has 1 N–H and O–H groups in total. The van der Waals surface area contributed by atoms with Gasteiger partial charge in [-0.15, -0.1) is 11.3 Å². The highest BCUT2D eigenvalue weighted by Crippen LogP contribution is 2.19. The van der Waals surface area contributed by atoms with E-state index in [0.29, 0.717) is 0 Å². The minimum Gasteiger partial charge on any atom is -0.326 e. The van der Waals surface area contributed by atoms with Gasteiger partial charge in [0.05, 0.1) is 12.2 Å². The fraction of sp³-hybridized carbons (Fsp3) is 0.533. The maximum absolute atomic E-state index is 4.45. The Kier molecular flexibility index (Phi) is 5.16. The van der Waals surface area contributed by atoms with Crippen LogP contribution in [-0.4, -0.2) is 16.1 Å². The fourth-order valence-electron chi connectivity index (χ4n) is 2.12. The molecule has 0 bridgehead atoms. The average molecular weight is 277 g/mol. The van der Waals surface area contributed by atoms with E-state index in [1.54, 1.807) is 0 Å². The Morgan fingerprint density at radius 1 is 1.26 bits per heavy atom. The van der Waals surface area contributed by atoms with Crippen LogP contribution >= 0.6 is 11.3 Å². The van der Waals surface area contributed by atoms with E-state index in [1.165, 1.54) is 15.4 Å². The lowest BCUT2D eigenvalue weighted by atomic mass is 10.3. The second-order valence-electron chi connectivity index (χ2n) is 4.78. The molecule has 0 radical (unpaired) electrons. The molecule has 4 heteroatoms. The summed E-state index contributed by atoms with van der Waals surface area (Å²) in [7, 11) is 0. The van der Waals surface area contributed by atoms with Gasteiger partial charge < -0.3 is 9.88 Å². The summed E-state index contributed by atoms with van der Waals surface area (Å²) >= 11 is 1.91. The van der Waals surface area contributed by atoms with Gasteiger partial charge in [-0.25, -0.2) is 4.98 Å². The van der Waals surface area contributed by atoms with Gasteiger partial charge in [0, 0.05) is 22.5 Å². The van der Waals surface area contributed by atoms with Crippen molar-refractivity contribution in [3.05, 3.63) is 39.6 Å². The summed E-state index contributed by atoms with van der Waals surface area (Å²) < 4.78 is 2.31. The predicted octanol–water partition coefficient (Wildman–Crippen LogP) is 3.36. The second-order valence-corrected chi connectivity index (χ2v) is 6.03. The first-order valence-electron chi connectivity index (χ1n) is 7.03. The third-order valence-corrected chi connectivity index (χ3v) is 4.46. The number of nitrogens with zero attached hydrogens (tertiary/aromatic N) is 2. The van der Waals surface area contributed by atoms with Crippen molar-refractivity contribution in [1.29, 1.82) is 0 Å². The summed E-state index contributed by atoms with van der Waals surface area (Å²) in [5, 5.41) is 3.45. The highest BCUT2D eigenvalue weighted by Gasteiger charge is 2.08. The van der Waals surface area contributed by atoms with E-state index in [0.717, 1.165) is 38.3 Å². The Morgan fingerprint density at radius 2 is 2.05 bits per heavy atom. The van der Waals surface area contributed by atoms with Crippen LogP contribution in [0.3, 0.4) is 0 Å². The monoisotopic (exact) mass is 277 g/mol. The molecule has 0 fully saturated rings. The summed E-state index contributed by atoms with van der Waals surface area (Å²) in [6.07, 6.45) is 4.28. The maximum Gasteiger partial charge on any atom is 0.106 e. The van der Waals surface area contributed by atoms with Crippen LogP contribution in [-0.2, 0) is 19.5 Å². The van der Waals surface area contributed by atoms with Crippen molar-refractivity contribution in [2.75, 3.05) is 6.54 Å². The molecule has 2 aromatic rings. The second kappa shape index (κ2) is 6.87. The van der Waals surface area contributed by atoms with Gasteiger partial charge in [-0.2, -0.15) is 0 Å². The minimum atomic E-state index is 0.903. The van der Waals surface area contributed by atoms with E-state index < -0.39 is 0 Å². The first-order chi connectivity index (χ1) is 9.24. The first-order valence-corrected chi connectivity index (χ1v) is 7.85. The number of aromatic nitrogens is 2. The molecule has 0 saturated carbocycles. The van der Waals surface area contributed by atoms with Gasteiger partial charge in [-0.1, -0.05) is 13.8 Å². The molecule has 0 saturated heterocycles. The van der Waals surface area contributed by atoms with E-state index in [-0.39, 0.29) is 0 Å². The highest BCUT2D eigenvalue weighted by atomic mass is 32.1. The molecule has 2 heterocycles. The van der Waals surface area contributed by atoms with Crippen LogP contribution in [0.4, 0.5) is 0 Å². The number of rotatable bonds is 7. The topological polar surface area (TPSA) is 29.9 Å². The summed E-state index contributed by atoms with van der Waals surface area (Å²) in [5.74, 6) is 1.10. The largest absolute Gasteiger partial charge is 0.326 e. The number of hydrogen-bond acceptors (Lipinski definition) is 3.